The molecule has 74 valence electrons. The summed E-state index contributed by atoms with van der Waals surface area (Å²) < 4.78 is 4.93. The van der Waals surface area contributed by atoms with Crippen molar-refractivity contribution in [3.63, 3.8) is 0 Å². The molecule has 0 aromatic heterocycles. The molecular weight excluding hydrogens is 180 g/mol. The van der Waals surface area contributed by atoms with Gasteiger partial charge in [-0.3, -0.25) is 4.79 Å². The van der Waals surface area contributed by atoms with Crippen molar-refractivity contribution in [1.29, 1.82) is 0 Å². The standard InChI is InChI=1S/C11H12O3/c1-3-4-9-5-8(7-12)6-10(14-2)11(9)13/h3,5-7,13H,1,4H2,2H3. The molecule has 0 aliphatic heterocycles. The van der Waals surface area contributed by atoms with Crippen LogP contribution in [-0.4, -0.2) is 18.5 Å². The van der Waals surface area contributed by atoms with Crippen LogP contribution >= 0.6 is 0 Å². The predicted molar refractivity (Wildman–Crippen MR) is 53.9 cm³/mol. The lowest BCUT2D eigenvalue weighted by Crippen LogP contribution is -1.92. The summed E-state index contributed by atoms with van der Waals surface area (Å²) in [6.07, 6.45) is 2.88. The second-order valence-corrected chi connectivity index (χ2v) is 2.84. The van der Waals surface area contributed by atoms with E-state index in [-0.39, 0.29) is 5.75 Å². The van der Waals surface area contributed by atoms with Crippen LogP contribution < -0.4 is 4.74 Å². The van der Waals surface area contributed by atoms with Gasteiger partial charge in [0.2, 0.25) is 0 Å². The summed E-state index contributed by atoms with van der Waals surface area (Å²) in [7, 11) is 1.45. The Balaban J connectivity index is 3.25. The summed E-state index contributed by atoms with van der Waals surface area (Å²) in [6, 6.07) is 3.11. The number of methoxy groups -OCH3 is 1. The highest BCUT2D eigenvalue weighted by molar-refractivity contribution is 5.77. The van der Waals surface area contributed by atoms with Gasteiger partial charge in [-0.2, -0.15) is 0 Å². The molecule has 0 fully saturated rings. The molecule has 0 aliphatic rings. The lowest BCUT2D eigenvalue weighted by Gasteiger charge is -2.08. The van der Waals surface area contributed by atoms with E-state index in [1.807, 2.05) is 0 Å². The Morgan fingerprint density at radius 3 is 2.79 bits per heavy atom. The summed E-state index contributed by atoms with van der Waals surface area (Å²) in [4.78, 5) is 10.6. The van der Waals surface area contributed by atoms with E-state index in [1.54, 1.807) is 12.1 Å². The molecule has 0 saturated heterocycles. The first-order chi connectivity index (χ1) is 6.72. The van der Waals surface area contributed by atoms with Crippen LogP contribution in [0.25, 0.3) is 0 Å². The first-order valence-electron chi connectivity index (χ1n) is 4.19. The van der Waals surface area contributed by atoms with Gasteiger partial charge in [0.05, 0.1) is 7.11 Å². The fourth-order valence-corrected chi connectivity index (χ4v) is 1.22. The Bertz CT molecular complexity index is 356. The van der Waals surface area contributed by atoms with Gasteiger partial charge in [-0.25, -0.2) is 0 Å². The number of carbonyl (C=O) groups is 1. The van der Waals surface area contributed by atoms with Gasteiger partial charge >= 0.3 is 0 Å². The number of aldehydes is 1. The molecule has 0 saturated carbocycles. The topological polar surface area (TPSA) is 46.5 Å². The van der Waals surface area contributed by atoms with E-state index in [4.69, 9.17) is 4.74 Å². The number of hydrogen-bond donors (Lipinski definition) is 1. The van der Waals surface area contributed by atoms with Crippen molar-refractivity contribution in [3.05, 3.63) is 35.9 Å². The zero-order valence-electron chi connectivity index (χ0n) is 7.99. The van der Waals surface area contributed by atoms with E-state index in [2.05, 4.69) is 6.58 Å². The largest absolute Gasteiger partial charge is 0.504 e. The average molecular weight is 192 g/mol. The lowest BCUT2D eigenvalue weighted by molar-refractivity contribution is 0.112. The van der Waals surface area contributed by atoms with Crippen molar-refractivity contribution in [1.82, 2.24) is 0 Å². The van der Waals surface area contributed by atoms with Crippen molar-refractivity contribution in [2.24, 2.45) is 0 Å². The van der Waals surface area contributed by atoms with Gasteiger partial charge in [0.15, 0.2) is 11.5 Å². The molecule has 1 aromatic rings. The number of ether oxygens (including phenoxy) is 1. The lowest BCUT2D eigenvalue weighted by atomic mass is 10.1. The maximum atomic E-state index is 10.6. The number of aromatic hydroxyl groups is 1. The second kappa shape index (κ2) is 4.46. The van der Waals surface area contributed by atoms with Gasteiger partial charge in [-0.1, -0.05) is 6.08 Å². The molecular formula is C11H12O3. The Morgan fingerprint density at radius 1 is 1.57 bits per heavy atom. The van der Waals surface area contributed by atoms with Crippen molar-refractivity contribution >= 4 is 6.29 Å². The van der Waals surface area contributed by atoms with Crippen molar-refractivity contribution < 1.29 is 14.6 Å². The molecule has 0 spiro atoms. The molecule has 1 rings (SSSR count). The van der Waals surface area contributed by atoms with Gasteiger partial charge in [0.1, 0.15) is 6.29 Å². The number of rotatable bonds is 4. The summed E-state index contributed by atoms with van der Waals surface area (Å²) >= 11 is 0. The monoisotopic (exact) mass is 192 g/mol. The minimum absolute atomic E-state index is 0.0676. The van der Waals surface area contributed by atoms with Gasteiger partial charge in [-0.05, 0) is 18.6 Å². The molecule has 14 heavy (non-hydrogen) atoms. The molecule has 0 amide bonds. The van der Waals surface area contributed by atoms with Crippen LogP contribution in [0.3, 0.4) is 0 Å². The fraction of sp³-hybridized carbons (Fsp3) is 0.182. The number of carbonyl (C=O) groups excluding carboxylic acids is 1. The predicted octanol–water partition coefficient (Wildman–Crippen LogP) is 1.94. The number of benzene rings is 1. The summed E-state index contributed by atoms with van der Waals surface area (Å²) in [5, 5.41) is 9.65. The van der Waals surface area contributed by atoms with Gasteiger partial charge < -0.3 is 9.84 Å². The highest BCUT2D eigenvalue weighted by atomic mass is 16.5. The highest BCUT2D eigenvalue weighted by Gasteiger charge is 2.08. The van der Waals surface area contributed by atoms with Crippen LogP contribution in [-0.2, 0) is 6.42 Å². The van der Waals surface area contributed by atoms with Crippen LogP contribution in [0.4, 0.5) is 0 Å². The average Bonchev–Trinajstić information content (AvgIpc) is 2.21. The zero-order valence-corrected chi connectivity index (χ0v) is 7.99. The van der Waals surface area contributed by atoms with Crippen LogP contribution in [0.5, 0.6) is 11.5 Å². The van der Waals surface area contributed by atoms with E-state index in [9.17, 15) is 9.90 Å². The normalized spacial score (nSPS) is 9.50. The molecule has 0 unspecified atom stereocenters. The van der Waals surface area contributed by atoms with E-state index >= 15 is 0 Å². The van der Waals surface area contributed by atoms with Crippen LogP contribution in [0, 0.1) is 0 Å². The molecule has 0 atom stereocenters. The number of allylic oxidation sites excluding steroid dienone is 1. The molecule has 0 aliphatic carbocycles. The van der Waals surface area contributed by atoms with Crippen molar-refractivity contribution in [3.8, 4) is 11.5 Å². The first kappa shape index (κ1) is 10.3. The van der Waals surface area contributed by atoms with Crippen LogP contribution in [0.2, 0.25) is 0 Å². The Labute approximate surface area is 82.6 Å². The van der Waals surface area contributed by atoms with Gasteiger partial charge in [0, 0.05) is 11.1 Å². The summed E-state index contributed by atoms with van der Waals surface area (Å²) in [5.41, 5.74) is 1.12. The first-order valence-corrected chi connectivity index (χ1v) is 4.19. The molecule has 0 radical (unpaired) electrons. The summed E-state index contributed by atoms with van der Waals surface area (Å²) in [6.45, 7) is 3.57. The maximum absolute atomic E-state index is 10.6. The maximum Gasteiger partial charge on any atom is 0.161 e. The molecule has 1 N–H and O–H groups in total. The quantitative estimate of drug-likeness (QED) is 0.585. The summed E-state index contributed by atoms with van der Waals surface area (Å²) in [5.74, 6) is 0.379. The van der Waals surface area contributed by atoms with Crippen LogP contribution in [0.15, 0.2) is 24.8 Å². The van der Waals surface area contributed by atoms with Gasteiger partial charge in [0.25, 0.3) is 0 Å². The Morgan fingerprint density at radius 2 is 2.29 bits per heavy atom. The van der Waals surface area contributed by atoms with Crippen molar-refractivity contribution in [2.45, 2.75) is 6.42 Å². The number of phenols is 1. The zero-order chi connectivity index (χ0) is 10.6. The molecule has 0 bridgehead atoms. The van der Waals surface area contributed by atoms with Crippen LogP contribution in [0.1, 0.15) is 15.9 Å². The van der Waals surface area contributed by atoms with E-state index in [0.29, 0.717) is 29.6 Å². The third kappa shape index (κ3) is 1.93. The second-order valence-electron chi connectivity index (χ2n) is 2.84. The smallest absolute Gasteiger partial charge is 0.161 e. The Kier molecular flexibility index (Phi) is 3.29. The Hall–Kier alpha value is -1.77. The number of hydrogen-bond acceptors (Lipinski definition) is 3. The van der Waals surface area contributed by atoms with E-state index in [1.165, 1.54) is 13.2 Å². The van der Waals surface area contributed by atoms with E-state index < -0.39 is 0 Å². The SMILES string of the molecule is C=CCc1cc(C=O)cc(OC)c1O. The molecule has 0 heterocycles. The molecule has 3 nitrogen and oxygen atoms in total. The van der Waals surface area contributed by atoms with Crippen molar-refractivity contribution in [2.75, 3.05) is 7.11 Å². The minimum atomic E-state index is 0.0676. The third-order valence-corrected chi connectivity index (χ3v) is 1.90. The van der Waals surface area contributed by atoms with Gasteiger partial charge in [-0.15, -0.1) is 6.58 Å². The number of phenolic OH excluding ortho intramolecular Hbond substituents is 1. The fourth-order valence-electron chi connectivity index (χ4n) is 1.22. The molecule has 3 heteroatoms. The minimum Gasteiger partial charge on any atom is -0.504 e. The highest BCUT2D eigenvalue weighted by Crippen LogP contribution is 2.31. The third-order valence-electron chi connectivity index (χ3n) is 1.90. The molecule has 1 aromatic carbocycles. The van der Waals surface area contributed by atoms with E-state index in [0.717, 1.165) is 0 Å².